The average Bonchev–Trinajstić information content (AvgIpc) is 2.18. The summed E-state index contributed by atoms with van der Waals surface area (Å²) in [5, 5.41) is 3.65. The molecule has 0 radical (unpaired) electrons. The Balaban J connectivity index is 2.53. The van der Waals surface area contributed by atoms with Crippen LogP contribution in [0.15, 0.2) is 0 Å². The van der Waals surface area contributed by atoms with Crippen molar-refractivity contribution < 1.29 is 4.74 Å². The third-order valence-electron chi connectivity index (χ3n) is 3.13. The van der Waals surface area contributed by atoms with E-state index in [2.05, 4.69) is 33.0 Å². The van der Waals surface area contributed by atoms with E-state index in [9.17, 15) is 0 Å². The predicted octanol–water partition coefficient (Wildman–Crippen LogP) is 2.97. The molecule has 15 heavy (non-hydrogen) atoms. The van der Waals surface area contributed by atoms with Gasteiger partial charge in [-0.2, -0.15) is 0 Å². The zero-order valence-corrected chi connectivity index (χ0v) is 10.8. The number of ether oxygens (including phenoxy) is 1. The summed E-state index contributed by atoms with van der Waals surface area (Å²) < 4.78 is 5.90. The second kappa shape index (κ2) is 5.86. The van der Waals surface area contributed by atoms with Crippen LogP contribution in [-0.2, 0) is 4.74 Å². The molecule has 1 aliphatic rings. The lowest BCUT2D eigenvalue weighted by atomic mass is 9.81. The molecule has 1 saturated heterocycles. The van der Waals surface area contributed by atoms with E-state index in [4.69, 9.17) is 4.74 Å². The maximum atomic E-state index is 5.90. The van der Waals surface area contributed by atoms with Crippen LogP contribution in [0.25, 0.3) is 0 Å². The molecular formula is C13H27NO. The molecule has 1 aliphatic heterocycles. The Morgan fingerprint density at radius 2 is 2.07 bits per heavy atom. The van der Waals surface area contributed by atoms with Gasteiger partial charge in [-0.05, 0) is 37.6 Å². The van der Waals surface area contributed by atoms with Gasteiger partial charge in [0.15, 0.2) is 0 Å². The van der Waals surface area contributed by atoms with Crippen LogP contribution in [0.2, 0.25) is 0 Å². The topological polar surface area (TPSA) is 21.3 Å². The Morgan fingerprint density at radius 3 is 2.53 bits per heavy atom. The molecule has 0 bridgehead atoms. The maximum absolute atomic E-state index is 5.90. The van der Waals surface area contributed by atoms with E-state index in [1.54, 1.807) is 0 Å². The van der Waals surface area contributed by atoms with Crippen LogP contribution in [-0.4, -0.2) is 25.3 Å². The summed E-state index contributed by atoms with van der Waals surface area (Å²) in [5.74, 6) is 0. The van der Waals surface area contributed by atoms with E-state index < -0.39 is 0 Å². The van der Waals surface area contributed by atoms with Crippen molar-refractivity contribution in [1.29, 1.82) is 0 Å². The van der Waals surface area contributed by atoms with Crippen molar-refractivity contribution in [3.63, 3.8) is 0 Å². The highest BCUT2D eigenvalue weighted by atomic mass is 16.5. The highest BCUT2D eigenvalue weighted by Crippen LogP contribution is 2.28. The Morgan fingerprint density at radius 1 is 1.33 bits per heavy atom. The molecule has 2 unspecified atom stereocenters. The van der Waals surface area contributed by atoms with E-state index in [1.807, 2.05) is 0 Å². The normalized spacial score (nSPS) is 25.2. The second-order valence-electron chi connectivity index (χ2n) is 5.70. The summed E-state index contributed by atoms with van der Waals surface area (Å²) in [6.07, 6.45) is 5.40. The lowest BCUT2D eigenvalue weighted by Crippen LogP contribution is -2.51. The highest BCUT2D eigenvalue weighted by Gasteiger charge is 2.33. The van der Waals surface area contributed by atoms with Gasteiger partial charge in [-0.15, -0.1) is 0 Å². The predicted molar refractivity (Wildman–Crippen MR) is 65.1 cm³/mol. The summed E-state index contributed by atoms with van der Waals surface area (Å²) >= 11 is 0. The molecule has 0 aromatic carbocycles. The van der Waals surface area contributed by atoms with Crippen molar-refractivity contribution in [2.75, 3.05) is 13.2 Å². The molecule has 0 amide bonds. The van der Waals surface area contributed by atoms with Crippen molar-refractivity contribution >= 4 is 0 Å². The van der Waals surface area contributed by atoms with Gasteiger partial charge in [0.2, 0.25) is 0 Å². The standard InChI is InChI=1S/C13H27NO/c1-5-9-14-12(13(2,3)4)11-8-6-7-10-15-11/h11-12,14H,5-10H2,1-4H3. The first-order valence-electron chi connectivity index (χ1n) is 6.40. The van der Waals surface area contributed by atoms with Gasteiger partial charge in [0.05, 0.1) is 6.10 Å². The van der Waals surface area contributed by atoms with Gasteiger partial charge in [0.25, 0.3) is 0 Å². The van der Waals surface area contributed by atoms with Crippen molar-refractivity contribution in [3.8, 4) is 0 Å². The monoisotopic (exact) mass is 213 g/mol. The molecule has 1 rings (SSSR count). The highest BCUT2D eigenvalue weighted by molar-refractivity contribution is 4.88. The molecule has 2 nitrogen and oxygen atoms in total. The SMILES string of the molecule is CCCNC(C1CCCCO1)C(C)(C)C. The molecule has 0 aromatic rings. The number of hydrogen-bond acceptors (Lipinski definition) is 2. The van der Waals surface area contributed by atoms with Crippen molar-refractivity contribution in [1.82, 2.24) is 5.32 Å². The molecule has 90 valence electrons. The van der Waals surface area contributed by atoms with Gasteiger partial charge in [0.1, 0.15) is 0 Å². The smallest absolute Gasteiger partial charge is 0.0733 e. The molecule has 0 aromatic heterocycles. The fraction of sp³-hybridized carbons (Fsp3) is 1.00. The minimum absolute atomic E-state index is 0.289. The summed E-state index contributed by atoms with van der Waals surface area (Å²) in [6.45, 7) is 11.2. The van der Waals surface area contributed by atoms with Crippen molar-refractivity contribution in [3.05, 3.63) is 0 Å². The Kier molecular flexibility index (Phi) is 5.07. The van der Waals surface area contributed by atoms with E-state index in [0.29, 0.717) is 12.1 Å². The first kappa shape index (κ1) is 13.0. The van der Waals surface area contributed by atoms with Gasteiger partial charge in [-0.3, -0.25) is 0 Å². The van der Waals surface area contributed by atoms with Gasteiger partial charge in [-0.25, -0.2) is 0 Å². The van der Waals surface area contributed by atoms with E-state index in [-0.39, 0.29) is 5.41 Å². The zero-order valence-electron chi connectivity index (χ0n) is 10.8. The van der Waals surface area contributed by atoms with Gasteiger partial charge in [-0.1, -0.05) is 27.7 Å². The largest absolute Gasteiger partial charge is 0.377 e. The zero-order chi connectivity index (χ0) is 11.3. The molecule has 2 atom stereocenters. The lowest BCUT2D eigenvalue weighted by Gasteiger charge is -2.39. The van der Waals surface area contributed by atoms with Gasteiger partial charge in [0, 0.05) is 12.6 Å². The van der Waals surface area contributed by atoms with Crippen LogP contribution in [0.3, 0.4) is 0 Å². The quantitative estimate of drug-likeness (QED) is 0.775. The first-order valence-corrected chi connectivity index (χ1v) is 6.40. The van der Waals surface area contributed by atoms with Crippen LogP contribution in [0.1, 0.15) is 53.4 Å². The lowest BCUT2D eigenvalue weighted by molar-refractivity contribution is -0.0326. The molecule has 2 heteroatoms. The maximum Gasteiger partial charge on any atom is 0.0733 e. The third-order valence-corrected chi connectivity index (χ3v) is 3.13. The first-order chi connectivity index (χ1) is 7.05. The molecule has 1 fully saturated rings. The van der Waals surface area contributed by atoms with Crippen LogP contribution in [0, 0.1) is 5.41 Å². The number of rotatable bonds is 4. The van der Waals surface area contributed by atoms with E-state index in [1.165, 1.54) is 25.7 Å². The molecule has 0 spiro atoms. The third kappa shape index (κ3) is 4.12. The number of hydrogen-bond donors (Lipinski definition) is 1. The average molecular weight is 213 g/mol. The Labute approximate surface area is 94.8 Å². The summed E-state index contributed by atoms with van der Waals surface area (Å²) in [7, 11) is 0. The van der Waals surface area contributed by atoms with Gasteiger partial charge < -0.3 is 10.1 Å². The number of nitrogens with one attached hydrogen (secondary N) is 1. The van der Waals surface area contributed by atoms with Crippen molar-refractivity contribution in [2.24, 2.45) is 5.41 Å². The van der Waals surface area contributed by atoms with Crippen LogP contribution < -0.4 is 5.32 Å². The van der Waals surface area contributed by atoms with E-state index in [0.717, 1.165) is 13.2 Å². The Hall–Kier alpha value is -0.0800. The summed E-state index contributed by atoms with van der Waals surface area (Å²) in [4.78, 5) is 0. The molecule has 0 saturated carbocycles. The minimum Gasteiger partial charge on any atom is -0.377 e. The summed E-state index contributed by atoms with van der Waals surface area (Å²) in [6, 6.07) is 0.498. The minimum atomic E-state index is 0.289. The van der Waals surface area contributed by atoms with Gasteiger partial charge >= 0.3 is 0 Å². The molecular weight excluding hydrogens is 186 g/mol. The van der Waals surface area contributed by atoms with Crippen LogP contribution in [0.4, 0.5) is 0 Å². The molecule has 0 aliphatic carbocycles. The summed E-state index contributed by atoms with van der Waals surface area (Å²) in [5.41, 5.74) is 0.289. The Bertz CT molecular complexity index is 168. The van der Waals surface area contributed by atoms with Crippen LogP contribution >= 0.6 is 0 Å². The fourth-order valence-corrected chi connectivity index (χ4v) is 2.32. The van der Waals surface area contributed by atoms with Crippen molar-refractivity contribution in [2.45, 2.75) is 65.5 Å². The fourth-order valence-electron chi connectivity index (χ4n) is 2.32. The molecule has 1 heterocycles. The second-order valence-corrected chi connectivity index (χ2v) is 5.70. The molecule has 1 N–H and O–H groups in total. The van der Waals surface area contributed by atoms with E-state index >= 15 is 0 Å². The van der Waals surface area contributed by atoms with Crippen LogP contribution in [0.5, 0.6) is 0 Å².